The molecule has 0 atom stereocenters. The second-order valence-electron chi connectivity index (χ2n) is 4.05. The predicted octanol–water partition coefficient (Wildman–Crippen LogP) is 1.20. The molecule has 1 aliphatic rings. The van der Waals surface area contributed by atoms with Gasteiger partial charge in [-0.2, -0.15) is 5.10 Å². The maximum absolute atomic E-state index is 10.6. The number of aryl methyl sites for hydroxylation is 1. The quantitative estimate of drug-likeness (QED) is 0.681. The lowest BCUT2D eigenvalue weighted by atomic mass is 9.99. The summed E-state index contributed by atoms with van der Waals surface area (Å²) in [5.74, 6) is 1.17. The predicted molar refractivity (Wildman–Crippen MR) is 57.8 cm³/mol. The third-order valence-electron chi connectivity index (χ3n) is 2.83. The molecule has 1 fully saturated rings. The average Bonchev–Trinajstić information content (AvgIpc) is 2.29. The second kappa shape index (κ2) is 4.38. The second-order valence-corrected chi connectivity index (χ2v) is 4.05. The first-order valence-electron chi connectivity index (χ1n) is 5.29. The summed E-state index contributed by atoms with van der Waals surface area (Å²) < 4.78 is 0. The number of hydrogen-bond acceptors (Lipinski definition) is 4. The lowest BCUT2D eigenvalue weighted by Crippen LogP contribution is -2.34. The van der Waals surface area contributed by atoms with Crippen molar-refractivity contribution in [2.24, 2.45) is 5.92 Å². The zero-order chi connectivity index (χ0) is 10.7. The van der Waals surface area contributed by atoms with Gasteiger partial charge in [0.2, 0.25) is 0 Å². The Morgan fingerprint density at radius 1 is 1.47 bits per heavy atom. The van der Waals surface area contributed by atoms with Crippen LogP contribution in [0.15, 0.2) is 12.3 Å². The molecule has 0 N–H and O–H groups in total. The van der Waals surface area contributed by atoms with Gasteiger partial charge >= 0.3 is 0 Å². The molecule has 0 aliphatic carbocycles. The van der Waals surface area contributed by atoms with E-state index in [0.29, 0.717) is 0 Å². The Kier molecular flexibility index (Phi) is 2.94. The smallest absolute Gasteiger partial charge is 0.151 e. The van der Waals surface area contributed by atoms with Crippen LogP contribution in [0, 0.1) is 12.8 Å². The topological polar surface area (TPSA) is 46.1 Å². The number of rotatable bonds is 2. The first kappa shape index (κ1) is 10.1. The molecule has 0 spiro atoms. The summed E-state index contributed by atoms with van der Waals surface area (Å²) in [5, 5.41) is 8.04. The Labute approximate surface area is 89.3 Å². The van der Waals surface area contributed by atoms with Crippen LogP contribution in [-0.4, -0.2) is 29.6 Å². The van der Waals surface area contributed by atoms with Crippen molar-refractivity contribution in [3.05, 3.63) is 17.8 Å². The summed E-state index contributed by atoms with van der Waals surface area (Å²) in [6, 6.07) is 2.04. The van der Waals surface area contributed by atoms with Crippen LogP contribution in [0.25, 0.3) is 0 Å². The molecule has 1 aromatic heterocycles. The fourth-order valence-corrected chi connectivity index (χ4v) is 1.87. The van der Waals surface area contributed by atoms with Gasteiger partial charge in [0.15, 0.2) is 5.82 Å². The van der Waals surface area contributed by atoms with Crippen LogP contribution in [0.3, 0.4) is 0 Å². The van der Waals surface area contributed by atoms with Crippen LogP contribution in [-0.2, 0) is 4.79 Å². The SMILES string of the molecule is Cc1cnnc(N2CCC(C=O)CC2)c1. The Hall–Kier alpha value is -1.45. The van der Waals surface area contributed by atoms with Gasteiger partial charge in [0.1, 0.15) is 6.29 Å². The van der Waals surface area contributed by atoms with Crippen LogP contribution >= 0.6 is 0 Å². The minimum absolute atomic E-state index is 0.235. The molecule has 1 saturated heterocycles. The Balaban J connectivity index is 2.04. The molecule has 0 saturated carbocycles. The van der Waals surface area contributed by atoms with Crippen molar-refractivity contribution < 1.29 is 4.79 Å². The molecule has 0 aromatic carbocycles. The van der Waals surface area contributed by atoms with Crippen molar-refractivity contribution in [2.75, 3.05) is 18.0 Å². The zero-order valence-corrected chi connectivity index (χ0v) is 8.89. The average molecular weight is 205 g/mol. The highest BCUT2D eigenvalue weighted by atomic mass is 16.1. The van der Waals surface area contributed by atoms with Crippen LogP contribution in [0.2, 0.25) is 0 Å². The van der Waals surface area contributed by atoms with Crippen molar-refractivity contribution in [2.45, 2.75) is 19.8 Å². The molecule has 1 aromatic rings. The standard InChI is InChI=1S/C11H15N3O/c1-9-6-11(13-12-7-9)14-4-2-10(8-15)3-5-14/h6-8,10H,2-5H2,1H3. The highest BCUT2D eigenvalue weighted by Crippen LogP contribution is 2.20. The lowest BCUT2D eigenvalue weighted by molar-refractivity contribution is -0.111. The van der Waals surface area contributed by atoms with Crippen molar-refractivity contribution in [1.82, 2.24) is 10.2 Å². The van der Waals surface area contributed by atoms with Crippen molar-refractivity contribution in [3.63, 3.8) is 0 Å². The fourth-order valence-electron chi connectivity index (χ4n) is 1.87. The van der Waals surface area contributed by atoms with Gasteiger partial charge in [-0.1, -0.05) is 0 Å². The summed E-state index contributed by atoms with van der Waals surface area (Å²) in [5.41, 5.74) is 1.12. The fraction of sp³-hybridized carbons (Fsp3) is 0.545. The zero-order valence-electron chi connectivity index (χ0n) is 8.89. The highest BCUT2D eigenvalue weighted by molar-refractivity contribution is 5.54. The molecule has 0 bridgehead atoms. The molecule has 80 valence electrons. The van der Waals surface area contributed by atoms with E-state index in [2.05, 4.69) is 15.1 Å². The van der Waals surface area contributed by atoms with E-state index in [1.54, 1.807) is 6.20 Å². The molecule has 2 heterocycles. The summed E-state index contributed by atoms with van der Waals surface area (Å²) >= 11 is 0. The van der Waals surface area contributed by atoms with Crippen molar-refractivity contribution in [3.8, 4) is 0 Å². The van der Waals surface area contributed by atoms with E-state index in [1.165, 1.54) is 0 Å². The Bertz CT molecular complexity index is 345. The van der Waals surface area contributed by atoms with Crippen LogP contribution in [0.4, 0.5) is 5.82 Å². The summed E-state index contributed by atoms with van der Waals surface area (Å²) in [6.07, 6.45) is 4.68. The maximum Gasteiger partial charge on any atom is 0.151 e. The molecule has 4 nitrogen and oxygen atoms in total. The highest BCUT2D eigenvalue weighted by Gasteiger charge is 2.19. The van der Waals surface area contributed by atoms with Gasteiger partial charge < -0.3 is 9.69 Å². The van der Waals surface area contributed by atoms with E-state index in [4.69, 9.17) is 0 Å². The van der Waals surface area contributed by atoms with Gasteiger partial charge in [0, 0.05) is 19.0 Å². The third kappa shape index (κ3) is 2.32. The molecule has 0 radical (unpaired) electrons. The van der Waals surface area contributed by atoms with Gasteiger partial charge in [-0.3, -0.25) is 0 Å². The van der Waals surface area contributed by atoms with Crippen LogP contribution in [0.5, 0.6) is 0 Å². The van der Waals surface area contributed by atoms with Crippen LogP contribution < -0.4 is 4.90 Å². The van der Waals surface area contributed by atoms with E-state index in [1.807, 2.05) is 13.0 Å². The van der Waals surface area contributed by atoms with Gasteiger partial charge in [-0.05, 0) is 31.4 Å². The largest absolute Gasteiger partial charge is 0.355 e. The molecule has 0 unspecified atom stereocenters. The molecular formula is C11H15N3O. The number of nitrogens with zero attached hydrogens (tertiary/aromatic N) is 3. The minimum atomic E-state index is 0.235. The number of anilines is 1. The molecular weight excluding hydrogens is 190 g/mol. The van der Waals surface area contributed by atoms with E-state index in [9.17, 15) is 4.79 Å². The maximum atomic E-state index is 10.6. The normalized spacial score (nSPS) is 17.8. The Morgan fingerprint density at radius 2 is 2.20 bits per heavy atom. The van der Waals surface area contributed by atoms with E-state index in [0.717, 1.165) is 43.6 Å². The number of carbonyl (C=O) groups excluding carboxylic acids is 1. The van der Waals surface area contributed by atoms with Gasteiger partial charge in [0.25, 0.3) is 0 Å². The third-order valence-corrected chi connectivity index (χ3v) is 2.83. The summed E-state index contributed by atoms with van der Waals surface area (Å²) in [7, 11) is 0. The van der Waals surface area contributed by atoms with Crippen LogP contribution in [0.1, 0.15) is 18.4 Å². The summed E-state index contributed by atoms with van der Waals surface area (Å²) in [4.78, 5) is 12.8. The first-order chi connectivity index (χ1) is 7.29. The lowest BCUT2D eigenvalue weighted by Gasteiger charge is -2.30. The number of piperidine rings is 1. The van der Waals surface area contributed by atoms with Crippen molar-refractivity contribution >= 4 is 12.1 Å². The van der Waals surface area contributed by atoms with Crippen molar-refractivity contribution in [1.29, 1.82) is 0 Å². The Morgan fingerprint density at radius 3 is 2.80 bits per heavy atom. The number of hydrogen-bond donors (Lipinski definition) is 0. The monoisotopic (exact) mass is 205 g/mol. The van der Waals surface area contributed by atoms with E-state index < -0.39 is 0 Å². The minimum Gasteiger partial charge on any atom is -0.355 e. The van der Waals surface area contributed by atoms with Gasteiger partial charge in [-0.25, -0.2) is 0 Å². The molecule has 1 aliphatic heterocycles. The van der Waals surface area contributed by atoms with Gasteiger partial charge in [0.05, 0.1) is 6.20 Å². The summed E-state index contributed by atoms with van der Waals surface area (Å²) in [6.45, 7) is 3.82. The molecule has 2 rings (SSSR count). The first-order valence-corrected chi connectivity index (χ1v) is 5.29. The number of aldehydes is 1. The van der Waals surface area contributed by atoms with E-state index >= 15 is 0 Å². The molecule has 0 amide bonds. The van der Waals surface area contributed by atoms with Gasteiger partial charge in [-0.15, -0.1) is 5.10 Å². The molecule has 15 heavy (non-hydrogen) atoms. The number of aromatic nitrogens is 2. The number of carbonyl (C=O) groups is 1. The molecule has 4 heteroatoms. The van der Waals surface area contributed by atoms with E-state index in [-0.39, 0.29) is 5.92 Å².